The summed E-state index contributed by atoms with van der Waals surface area (Å²) in [6.45, 7) is 2.29. The maximum Gasteiger partial charge on any atom is 0.481 e. The molecule has 1 aliphatic rings. The third-order valence-corrected chi connectivity index (χ3v) is 11.3. The molecule has 2 aromatic heterocycles. The van der Waals surface area contributed by atoms with Gasteiger partial charge in [-0.3, -0.25) is 32.5 Å². The average Bonchev–Trinajstić information content (AvgIpc) is 3.63. The van der Waals surface area contributed by atoms with E-state index in [1.165, 1.54) is 13.8 Å². The number of carbonyl (C=O) groups excluding carboxylic acids is 3. The molecule has 0 spiro atoms. The lowest BCUT2D eigenvalue weighted by atomic mass is 9.87. The summed E-state index contributed by atoms with van der Waals surface area (Å²) in [6, 6.07) is 0. The molecular weight excluding hydrogens is 807 g/mol. The van der Waals surface area contributed by atoms with Crippen molar-refractivity contribution in [2.45, 2.75) is 64.3 Å². The Bertz CT molecular complexity index is 1810. The van der Waals surface area contributed by atoms with Gasteiger partial charge in [-0.25, -0.2) is 28.6 Å². The fraction of sp³-hybridized carbons (Fsp3) is 0.615. The summed E-state index contributed by atoms with van der Waals surface area (Å²) < 4.78 is 62.0. The highest BCUT2D eigenvalue weighted by Gasteiger charge is 2.50. The van der Waals surface area contributed by atoms with Gasteiger partial charge in [0.1, 0.15) is 36.3 Å². The first kappa shape index (κ1) is 45.7. The van der Waals surface area contributed by atoms with Crippen LogP contribution in [0.4, 0.5) is 5.82 Å². The Morgan fingerprint density at radius 1 is 1.09 bits per heavy atom. The maximum absolute atomic E-state index is 12.6. The largest absolute Gasteiger partial charge is 0.481 e. The van der Waals surface area contributed by atoms with Gasteiger partial charge in [0, 0.05) is 37.1 Å². The van der Waals surface area contributed by atoms with Crippen molar-refractivity contribution in [2.24, 2.45) is 5.41 Å². The van der Waals surface area contributed by atoms with E-state index in [0.717, 1.165) is 29.0 Å². The Morgan fingerprint density at radius 2 is 1.78 bits per heavy atom. The standard InChI is InChI=1S/C26H42N7O17P3S/c1-4-5-6-17(35)54-10-9-28-16(34)7-8-29-24(38)21(37)26(2,3)12-47-53(44,45)50-52(42,43)46-11-15-20(49-51(39,40)41)19(36)25(48-15)33-14-32-18-22(27)30-13-31-23(18)33/h4-5,13-15,19-21,25,36-37H,6-12H2,1-3H3,(H,28,34)(H,29,38)(H,42,43)(H,44,45)(H2,27,30,31)(H2,39,40,41)/t15-,19-,20-,21?,25-/m1/s1. The number of aromatic nitrogens is 4. The van der Waals surface area contributed by atoms with Crippen LogP contribution in [0.25, 0.3) is 11.2 Å². The van der Waals surface area contributed by atoms with E-state index in [9.17, 15) is 57.9 Å². The highest BCUT2D eigenvalue weighted by molar-refractivity contribution is 8.13. The van der Waals surface area contributed by atoms with Crippen LogP contribution in [-0.2, 0) is 50.7 Å². The van der Waals surface area contributed by atoms with Crippen LogP contribution >= 0.6 is 35.2 Å². The van der Waals surface area contributed by atoms with Crippen molar-refractivity contribution >= 4 is 69.1 Å². The molecule has 304 valence electrons. The average molecular weight is 850 g/mol. The molecule has 3 heterocycles. The first-order valence-corrected chi connectivity index (χ1v) is 21.2. The second-order valence-corrected chi connectivity index (χ2v) is 17.5. The molecule has 24 nitrogen and oxygen atoms in total. The number of hydrogen-bond donors (Lipinski definition) is 9. The molecule has 0 aromatic carbocycles. The van der Waals surface area contributed by atoms with Gasteiger partial charge in [-0.1, -0.05) is 37.8 Å². The highest BCUT2D eigenvalue weighted by atomic mass is 32.2. The lowest BCUT2D eigenvalue weighted by molar-refractivity contribution is -0.137. The van der Waals surface area contributed by atoms with Gasteiger partial charge in [0.2, 0.25) is 11.8 Å². The molecule has 0 bridgehead atoms. The third kappa shape index (κ3) is 13.8. The minimum Gasteiger partial charge on any atom is -0.386 e. The van der Waals surface area contributed by atoms with Crippen molar-refractivity contribution in [1.82, 2.24) is 30.2 Å². The quantitative estimate of drug-likeness (QED) is 0.0439. The number of nitrogens with two attached hydrogens (primary N) is 1. The third-order valence-electron chi connectivity index (χ3n) is 7.29. The number of allylic oxidation sites excluding steroid dienone is 2. The number of hydrogen-bond acceptors (Lipinski definition) is 18. The molecule has 0 radical (unpaired) electrons. The number of rotatable bonds is 21. The normalized spacial score (nSPS) is 22.2. The zero-order chi connectivity index (χ0) is 40.5. The summed E-state index contributed by atoms with van der Waals surface area (Å²) in [6.07, 6.45) is -3.17. The molecule has 7 atom stereocenters. The van der Waals surface area contributed by atoms with Gasteiger partial charge in [-0.2, -0.15) is 4.31 Å². The first-order chi connectivity index (χ1) is 25.1. The second-order valence-electron chi connectivity index (χ2n) is 12.1. The fourth-order valence-corrected chi connectivity index (χ4v) is 8.04. The van der Waals surface area contributed by atoms with Gasteiger partial charge in [0.15, 0.2) is 22.8 Å². The van der Waals surface area contributed by atoms with Crippen molar-refractivity contribution in [3.63, 3.8) is 0 Å². The zero-order valence-electron chi connectivity index (χ0n) is 28.9. The van der Waals surface area contributed by atoms with E-state index >= 15 is 0 Å². The number of phosphoric acid groups is 3. The summed E-state index contributed by atoms with van der Waals surface area (Å²) in [4.78, 5) is 87.0. The first-order valence-electron chi connectivity index (χ1n) is 15.7. The van der Waals surface area contributed by atoms with Gasteiger partial charge in [-0.15, -0.1) is 0 Å². The number of thioether (sulfide) groups is 1. The molecule has 28 heteroatoms. The number of anilines is 1. The highest BCUT2D eigenvalue weighted by Crippen LogP contribution is 2.61. The molecule has 1 fully saturated rings. The number of phosphoric ester groups is 3. The Morgan fingerprint density at radius 3 is 2.44 bits per heavy atom. The van der Waals surface area contributed by atoms with Crippen molar-refractivity contribution < 1.29 is 80.5 Å². The van der Waals surface area contributed by atoms with E-state index in [0.29, 0.717) is 5.75 Å². The molecule has 2 amide bonds. The van der Waals surface area contributed by atoms with Crippen LogP contribution in [0, 0.1) is 5.41 Å². The number of nitrogen functional groups attached to an aromatic ring is 1. The van der Waals surface area contributed by atoms with Crippen molar-refractivity contribution in [3.05, 3.63) is 24.8 Å². The Kier molecular flexibility index (Phi) is 16.4. The lowest BCUT2D eigenvalue weighted by Crippen LogP contribution is -2.46. The number of fused-ring (bicyclic) bond motifs is 1. The molecule has 1 saturated heterocycles. The minimum atomic E-state index is -5.56. The summed E-state index contributed by atoms with van der Waals surface area (Å²) in [5, 5.41) is 26.2. The molecular formula is C26H42N7O17P3S. The van der Waals surface area contributed by atoms with Crippen molar-refractivity contribution in [1.29, 1.82) is 0 Å². The van der Waals surface area contributed by atoms with E-state index in [1.807, 2.05) is 0 Å². The number of imidazole rings is 1. The summed E-state index contributed by atoms with van der Waals surface area (Å²) >= 11 is 1.06. The summed E-state index contributed by atoms with van der Waals surface area (Å²) in [7, 11) is -16.4. The Labute approximate surface area is 311 Å². The topological polar surface area (TPSA) is 364 Å². The molecule has 0 saturated carbocycles. The van der Waals surface area contributed by atoms with Gasteiger partial charge in [0.05, 0.1) is 19.5 Å². The van der Waals surface area contributed by atoms with Gasteiger partial charge in [0.25, 0.3) is 0 Å². The SMILES string of the molecule is CC=CCC(=O)SCCNC(=O)CCNC(=O)C(O)C(C)(C)COP(=O)(O)OP(=O)(O)OC[C@H]1O[C@@H](n2cnc3c(N)ncnc32)[C@H](O)[C@@H]1OP(=O)(O)O. The predicted octanol–water partition coefficient (Wildman–Crippen LogP) is -0.369. The molecule has 0 aliphatic carbocycles. The van der Waals surface area contributed by atoms with E-state index in [-0.39, 0.29) is 48.0 Å². The number of carbonyl (C=O) groups is 3. The van der Waals surface area contributed by atoms with Crippen LogP contribution in [0.2, 0.25) is 0 Å². The molecule has 1 aliphatic heterocycles. The van der Waals surface area contributed by atoms with Crippen molar-refractivity contribution in [2.75, 3.05) is 37.8 Å². The van der Waals surface area contributed by atoms with E-state index in [2.05, 4.69) is 34.4 Å². The number of aliphatic hydroxyl groups is 2. The van der Waals surface area contributed by atoms with Crippen molar-refractivity contribution in [3.8, 4) is 0 Å². The van der Waals surface area contributed by atoms with Crippen LogP contribution in [0.3, 0.4) is 0 Å². The lowest BCUT2D eigenvalue weighted by Gasteiger charge is -2.30. The molecule has 2 aromatic rings. The fourth-order valence-electron chi connectivity index (χ4n) is 4.57. The van der Waals surface area contributed by atoms with Crippen LogP contribution in [-0.4, -0.2) is 123 Å². The van der Waals surface area contributed by atoms with Gasteiger partial charge < -0.3 is 50.9 Å². The van der Waals surface area contributed by atoms with Crippen LogP contribution in [0.15, 0.2) is 24.8 Å². The predicted molar refractivity (Wildman–Crippen MR) is 187 cm³/mol. The molecule has 3 unspecified atom stereocenters. The number of nitrogens with zero attached hydrogens (tertiary/aromatic N) is 4. The van der Waals surface area contributed by atoms with E-state index in [1.54, 1.807) is 19.1 Å². The molecule has 10 N–H and O–H groups in total. The van der Waals surface area contributed by atoms with Gasteiger partial charge >= 0.3 is 23.5 Å². The van der Waals surface area contributed by atoms with E-state index < -0.39 is 84.6 Å². The van der Waals surface area contributed by atoms with Crippen LogP contribution in [0.5, 0.6) is 0 Å². The second kappa shape index (κ2) is 19.4. The number of amides is 2. The minimum absolute atomic E-state index is 0.0304. The van der Waals surface area contributed by atoms with E-state index in [4.69, 9.17) is 19.5 Å². The van der Waals surface area contributed by atoms with Gasteiger partial charge in [-0.05, 0) is 6.92 Å². The Balaban J connectivity index is 1.51. The van der Waals surface area contributed by atoms with Crippen LogP contribution < -0.4 is 16.4 Å². The molecule has 54 heavy (non-hydrogen) atoms. The molecule has 3 rings (SSSR count). The number of ether oxygens (including phenoxy) is 1. The monoisotopic (exact) mass is 849 g/mol. The number of nitrogens with one attached hydrogen (secondary N) is 2. The Hall–Kier alpha value is -2.70. The number of aliphatic hydroxyl groups excluding tert-OH is 2. The summed E-state index contributed by atoms with van der Waals surface area (Å²) in [5.74, 6) is -1.10. The maximum atomic E-state index is 12.6. The van der Waals surface area contributed by atoms with Crippen LogP contribution in [0.1, 0.15) is 39.8 Å². The summed E-state index contributed by atoms with van der Waals surface area (Å²) in [5.41, 5.74) is 4.26. The smallest absolute Gasteiger partial charge is 0.386 e. The zero-order valence-corrected chi connectivity index (χ0v) is 32.4.